The Hall–Kier alpha value is -6.70. The minimum atomic E-state index is 0.326. The highest BCUT2D eigenvalue weighted by atomic mass is 15.1. The minimum absolute atomic E-state index is 0.326. The van der Waals surface area contributed by atoms with Crippen molar-refractivity contribution >= 4 is 50.3 Å². The molecule has 1 heteroatoms. The molecule has 9 rings (SSSR count). The number of hydrogen-bond acceptors (Lipinski definition) is 1. The standard InChI is InChI=1S/C58H51N/c1-5-42(39-56-51(6-2)52-27-14-15-28-53(52)54-29-16-17-30-55(54)56)45-25-19-26-46(35-45)47-32-33-58(41(4)34-47)59(57-31-18-13-20-40(57)3)50-37-48(43-21-9-7-10-22-43)36-49(38-50)44-23-11-8-12-24-44/h7-23,25-39,44H,5-6,24H2,1-4H3/b42-39+. The van der Waals surface area contributed by atoms with Crippen LogP contribution in [-0.2, 0) is 6.42 Å². The highest BCUT2D eigenvalue weighted by molar-refractivity contribution is 6.13. The van der Waals surface area contributed by atoms with Crippen molar-refractivity contribution in [3.05, 3.63) is 221 Å². The first-order valence-corrected chi connectivity index (χ1v) is 21.2. The average Bonchev–Trinajstić information content (AvgIpc) is 3.30. The quantitative estimate of drug-likeness (QED) is 0.0991. The number of anilines is 3. The summed E-state index contributed by atoms with van der Waals surface area (Å²) in [5, 5.41) is 5.32. The number of rotatable bonds is 10. The van der Waals surface area contributed by atoms with Gasteiger partial charge in [0, 0.05) is 23.0 Å². The number of para-hydroxylation sites is 1. The van der Waals surface area contributed by atoms with E-state index in [0.29, 0.717) is 5.92 Å². The molecule has 0 saturated carbocycles. The Morgan fingerprint density at radius 1 is 0.559 bits per heavy atom. The lowest BCUT2D eigenvalue weighted by Gasteiger charge is -2.30. The monoisotopic (exact) mass is 761 g/mol. The Morgan fingerprint density at radius 3 is 1.97 bits per heavy atom. The van der Waals surface area contributed by atoms with Gasteiger partial charge in [0.2, 0.25) is 0 Å². The van der Waals surface area contributed by atoms with Crippen LogP contribution in [0.5, 0.6) is 0 Å². The Bertz CT molecular complexity index is 2910. The van der Waals surface area contributed by atoms with Crippen molar-refractivity contribution in [3.63, 3.8) is 0 Å². The van der Waals surface area contributed by atoms with E-state index >= 15 is 0 Å². The van der Waals surface area contributed by atoms with Gasteiger partial charge in [0.05, 0.1) is 0 Å². The van der Waals surface area contributed by atoms with Gasteiger partial charge in [-0.15, -0.1) is 0 Å². The fourth-order valence-electron chi connectivity index (χ4n) is 9.16. The van der Waals surface area contributed by atoms with Gasteiger partial charge in [-0.3, -0.25) is 0 Å². The lowest BCUT2D eigenvalue weighted by molar-refractivity contribution is 0.854. The van der Waals surface area contributed by atoms with Crippen LogP contribution in [0.2, 0.25) is 0 Å². The van der Waals surface area contributed by atoms with Crippen molar-refractivity contribution in [3.8, 4) is 22.3 Å². The molecule has 1 unspecified atom stereocenters. The predicted molar refractivity (Wildman–Crippen MR) is 256 cm³/mol. The van der Waals surface area contributed by atoms with Crippen molar-refractivity contribution < 1.29 is 0 Å². The molecule has 0 aromatic heterocycles. The third-order valence-corrected chi connectivity index (χ3v) is 12.2. The van der Waals surface area contributed by atoms with Gasteiger partial charge in [-0.25, -0.2) is 0 Å². The van der Waals surface area contributed by atoms with E-state index in [-0.39, 0.29) is 0 Å². The van der Waals surface area contributed by atoms with Crippen molar-refractivity contribution in [1.82, 2.24) is 0 Å². The van der Waals surface area contributed by atoms with Crippen LogP contribution in [0.15, 0.2) is 188 Å². The average molecular weight is 762 g/mol. The molecular weight excluding hydrogens is 711 g/mol. The summed E-state index contributed by atoms with van der Waals surface area (Å²) in [6.07, 6.45) is 14.4. The van der Waals surface area contributed by atoms with Crippen LogP contribution < -0.4 is 4.90 Å². The molecule has 0 fully saturated rings. The molecule has 1 aliphatic carbocycles. The molecule has 8 aromatic carbocycles. The summed E-state index contributed by atoms with van der Waals surface area (Å²) in [6.45, 7) is 9.05. The zero-order valence-electron chi connectivity index (χ0n) is 34.6. The summed E-state index contributed by atoms with van der Waals surface area (Å²) in [7, 11) is 0. The van der Waals surface area contributed by atoms with E-state index in [0.717, 1.165) is 19.3 Å². The fourth-order valence-corrected chi connectivity index (χ4v) is 9.16. The highest BCUT2D eigenvalue weighted by Crippen LogP contribution is 2.43. The second-order valence-electron chi connectivity index (χ2n) is 15.9. The first kappa shape index (κ1) is 37.9. The molecule has 1 atom stereocenters. The van der Waals surface area contributed by atoms with E-state index in [1.165, 1.54) is 99.8 Å². The van der Waals surface area contributed by atoms with Crippen LogP contribution in [-0.4, -0.2) is 0 Å². The summed E-state index contributed by atoms with van der Waals surface area (Å²) in [4.78, 5) is 2.47. The normalized spacial score (nSPS) is 14.0. The van der Waals surface area contributed by atoms with Gasteiger partial charge in [0.25, 0.3) is 0 Å². The fraction of sp³-hybridized carbons (Fsp3) is 0.138. The van der Waals surface area contributed by atoms with Gasteiger partial charge < -0.3 is 4.90 Å². The molecule has 0 heterocycles. The predicted octanol–water partition coefficient (Wildman–Crippen LogP) is 16.5. The lowest BCUT2D eigenvalue weighted by Crippen LogP contribution is -2.13. The molecule has 0 bridgehead atoms. The summed E-state index contributed by atoms with van der Waals surface area (Å²) in [6, 6.07) is 60.7. The number of hydrogen-bond donors (Lipinski definition) is 0. The summed E-state index contributed by atoms with van der Waals surface area (Å²) >= 11 is 0. The third kappa shape index (κ3) is 7.46. The van der Waals surface area contributed by atoms with Gasteiger partial charge in [0.1, 0.15) is 0 Å². The molecule has 0 spiro atoms. The van der Waals surface area contributed by atoms with Gasteiger partial charge in [-0.2, -0.15) is 0 Å². The van der Waals surface area contributed by atoms with Crippen LogP contribution in [0.1, 0.15) is 66.0 Å². The van der Waals surface area contributed by atoms with E-state index in [2.05, 4.69) is 227 Å². The van der Waals surface area contributed by atoms with Crippen LogP contribution in [0, 0.1) is 13.8 Å². The van der Waals surface area contributed by atoms with Crippen LogP contribution in [0.25, 0.3) is 55.4 Å². The second kappa shape index (κ2) is 16.6. The maximum absolute atomic E-state index is 2.47. The van der Waals surface area contributed by atoms with Crippen LogP contribution >= 0.6 is 0 Å². The Labute approximate surface area is 350 Å². The molecule has 288 valence electrons. The number of aryl methyl sites for hydroxylation is 3. The largest absolute Gasteiger partial charge is 0.310 e. The van der Waals surface area contributed by atoms with E-state index in [1.54, 1.807) is 0 Å². The molecule has 0 saturated heterocycles. The molecular formula is C58H51N. The molecule has 59 heavy (non-hydrogen) atoms. The van der Waals surface area contributed by atoms with Gasteiger partial charge in [-0.05, 0) is 152 Å². The van der Waals surface area contributed by atoms with Gasteiger partial charge in [0.15, 0.2) is 0 Å². The van der Waals surface area contributed by atoms with Crippen molar-refractivity contribution in [2.75, 3.05) is 4.90 Å². The molecule has 0 amide bonds. The summed E-state index contributed by atoms with van der Waals surface area (Å²) in [5.41, 5.74) is 17.6. The SMILES string of the molecule is CC/C(=C\c1c(CC)c2ccccc2c2ccccc12)c1cccc(-c2ccc(N(c3cc(-c4ccccc4)cc(C4C=CC=CC4)c3)c3ccccc3C)c(C)c2)c1. The molecule has 1 nitrogen and oxygen atoms in total. The molecule has 1 aliphatic rings. The van der Waals surface area contributed by atoms with Crippen molar-refractivity contribution in [1.29, 1.82) is 0 Å². The number of allylic oxidation sites excluding steroid dienone is 5. The smallest absolute Gasteiger partial charge is 0.0491 e. The molecule has 8 aromatic rings. The number of nitrogens with zero attached hydrogens (tertiary/aromatic N) is 1. The Morgan fingerprint density at radius 2 is 1.24 bits per heavy atom. The molecule has 0 radical (unpaired) electrons. The van der Waals surface area contributed by atoms with Crippen LogP contribution in [0.4, 0.5) is 17.1 Å². The maximum atomic E-state index is 2.47. The Kier molecular flexibility index (Phi) is 10.7. The lowest BCUT2D eigenvalue weighted by atomic mass is 9.88. The third-order valence-electron chi connectivity index (χ3n) is 12.2. The van der Waals surface area contributed by atoms with Crippen LogP contribution in [0.3, 0.4) is 0 Å². The first-order chi connectivity index (χ1) is 29.0. The van der Waals surface area contributed by atoms with Crippen molar-refractivity contribution in [2.45, 2.75) is 52.9 Å². The zero-order chi connectivity index (χ0) is 40.3. The number of fused-ring (bicyclic) bond motifs is 3. The van der Waals surface area contributed by atoms with E-state index < -0.39 is 0 Å². The topological polar surface area (TPSA) is 3.24 Å². The van der Waals surface area contributed by atoms with E-state index in [4.69, 9.17) is 0 Å². The van der Waals surface area contributed by atoms with Gasteiger partial charge in [-0.1, -0.05) is 172 Å². The van der Waals surface area contributed by atoms with E-state index in [9.17, 15) is 0 Å². The maximum Gasteiger partial charge on any atom is 0.0491 e. The zero-order valence-corrected chi connectivity index (χ0v) is 34.6. The first-order valence-electron chi connectivity index (χ1n) is 21.2. The second-order valence-corrected chi connectivity index (χ2v) is 15.9. The highest BCUT2D eigenvalue weighted by Gasteiger charge is 2.21. The van der Waals surface area contributed by atoms with Gasteiger partial charge >= 0.3 is 0 Å². The minimum Gasteiger partial charge on any atom is -0.310 e. The molecule has 0 N–H and O–H groups in total. The van der Waals surface area contributed by atoms with Crippen molar-refractivity contribution in [2.24, 2.45) is 0 Å². The number of benzene rings is 8. The van der Waals surface area contributed by atoms with E-state index in [1.807, 2.05) is 0 Å². The summed E-state index contributed by atoms with van der Waals surface area (Å²) in [5.74, 6) is 0.326. The molecule has 0 aliphatic heterocycles. The summed E-state index contributed by atoms with van der Waals surface area (Å²) < 4.78 is 0. The Balaban J connectivity index is 1.14.